The predicted molar refractivity (Wildman–Crippen MR) is 89.5 cm³/mol. The molecule has 0 saturated heterocycles. The Morgan fingerprint density at radius 3 is 2.67 bits per heavy atom. The zero-order chi connectivity index (χ0) is 14.7. The van der Waals surface area contributed by atoms with Crippen LogP contribution in [0.4, 0.5) is 11.4 Å². The van der Waals surface area contributed by atoms with Gasteiger partial charge in [0.1, 0.15) is 0 Å². The number of hydrogen-bond acceptors (Lipinski definition) is 3. The molecule has 0 aliphatic rings. The number of nitrogens with two attached hydrogens (primary N) is 1. The number of nitrogens with zero attached hydrogens (tertiary/aromatic N) is 1. The van der Waals surface area contributed by atoms with Gasteiger partial charge >= 0.3 is 0 Å². The predicted octanol–water partition coefficient (Wildman–Crippen LogP) is 4.03. The molecule has 0 amide bonds. The van der Waals surface area contributed by atoms with Gasteiger partial charge in [-0.05, 0) is 29.7 Å². The van der Waals surface area contributed by atoms with Crippen LogP contribution >= 0.6 is 0 Å². The van der Waals surface area contributed by atoms with Crippen LogP contribution < -0.4 is 11.1 Å². The van der Waals surface area contributed by atoms with Crippen LogP contribution in [0.2, 0.25) is 0 Å². The standard InChI is InChI=1S/C18H19N3/c1-13(14-5-3-2-4-6-14)11-21-18-8-7-17(19)16-12-20-10-9-15(16)18/h2-10,12-13,21H,11,19H2,1H3. The lowest BCUT2D eigenvalue weighted by molar-refractivity contribution is 0.806. The van der Waals surface area contributed by atoms with Crippen LogP contribution in [0, 0.1) is 0 Å². The van der Waals surface area contributed by atoms with Crippen molar-refractivity contribution in [3.8, 4) is 0 Å². The lowest BCUT2D eigenvalue weighted by atomic mass is 10.0. The van der Waals surface area contributed by atoms with E-state index in [4.69, 9.17) is 5.73 Å². The quantitative estimate of drug-likeness (QED) is 0.708. The maximum Gasteiger partial charge on any atom is 0.0422 e. The first-order chi connectivity index (χ1) is 10.3. The normalized spacial score (nSPS) is 12.2. The van der Waals surface area contributed by atoms with Gasteiger partial charge < -0.3 is 11.1 Å². The van der Waals surface area contributed by atoms with Crippen LogP contribution in [0.5, 0.6) is 0 Å². The van der Waals surface area contributed by atoms with E-state index in [1.807, 2.05) is 30.5 Å². The van der Waals surface area contributed by atoms with E-state index in [-0.39, 0.29) is 0 Å². The maximum absolute atomic E-state index is 6.00. The van der Waals surface area contributed by atoms with Crippen molar-refractivity contribution in [2.75, 3.05) is 17.6 Å². The number of anilines is 2. The third kappa shape index (κ3) is 2.82. The monoisotopic (exact) mass is 277 g/mol. The molecule has 0 radical (unpaired) electrons. The van der Waals surface area contributed by atoms with Crippen molar-refractivity contribution in [3.05, 3.63) is 66.5 Å². The van der Waals surface area contributed by atoms with E-state index in [0.29, 0.717) is 5.92 Å². The van der Waals surface area contributed by atoms with E-state index in [9.17, 15) is 0 Å². The van der Waals surface area contributed by atoms with Gasteiger partial charge in [-0.2, -0.15) is 0 Å². The summed E-state index contributed by atoms with van der Waals surface area (Å²) < 4.78 is 0. The van der Waals surface area contributed by atoms with Crippen molar-refractivity contribution in [2.24, 2.45) is 0 Å². The zero-order valence-corrected chi connectivity index (χ0v) is 12.1. The van der Waals surface area contributed by atoms with Crippen LogP contribution in [0.3, 0.4) is 0 Å². The third-order valence-corrected chi connectivity index (χ3v) is 3.82. The van der Waals surface area contributed by atoms with Crippen molar-refractivity contribution in [2.45, 2.75) is 12.8 Å². The largest absolute Gasteiger partial charge is 0.398 e. The Morgan fingerprint density at radius 1 is 1.05 bits per heavy atom. The minimum absolute atomic E-state index is 0.445. The van der Waals surface area contributed by atoms with Crippen LogP contribution in [0.15, 0.2) is 60.9 Å². The van der Waals surface area contributed by atoms with Gasteiger partial charge in [0.05, 0.1) is 0 Å². The van der Waals surface area contributed by atoms with E-state index in [1.165, 1.54) is 5.56 Å². The highest BCUT2D eigenvalue weighted by Gasteiger charge is 2.07. The second kappa shape index (κ2) is 5.83. The van der Waals surface area contributed by atoms with Crippen molar-refractivity contribution < 1.29 is 0 Å². The topological polar surface area (TPSA) is 50.9 Å². The van der Waals surface area contributed by atoms with Gasteiger partial charge in [0.15, 0.2) is 0 Å². The maximum atomic E-state index is 6.00. The van der Waals surface area contributed by atoms with Crippen molar-refractivity contribution in [3.63, 3.8) is 0 Å². The van der Waals surface area contributed by atoms with Crippen LogP contribution in [0.1, 0.15) is 18.4 Å². The number of hydrogen-bond donors (Lipinski definition) is 2. The molecule has 21 heavy (non-hydrogen) atoms. The molecule has 1 aromatic heterocycles. The summed E-state index contributed by atoms with van der Waals surface area (Å²) in [6.07, 6.45) is 3.62. The zero-order valence-electron chi connectivity index (χ0n) is 12.1. The summed E-state index contributed by atoms with van der Waals surface area (Å²) in [5.41, 5.74) is 9.21. The Balaban J connectivity index is 1.81. The number of fused-ring (bicyclic) bond motifs is 1. The van der Waals surface area contributed by atoms with Crippen molar-refractivity contribution in [1.29, 1.82) is 0 Å². The third-order valence-electron chi connectivity index (χ3n) is 3.82. The smallest absolute Gasteiger partial charge is 0.0422 e. The fourth-order valence-electron chi connectivity index (χ4n) is 2.53. The minimum Gasteiger partial charge on any atom is -0.398 e. The molecule has 0 aliphatic carbocycles. The molecule has 1 atom stereocenters. The van der Waals surface area contributed by atoms with E-state index in [0.717, 1.165) is 28.7 Å². The number of benzene rings is 2. The van der Waals surface area contributed by atoms with Gasteiger partial charge in [-0.15, -0.1) is 0 Å². The first-order valence-electron chi connectivity index (χ1n) is 7.16. The fraction of sp³-hybridized carbons (Fsp3) is 0.167. The molecule has 0 aliphatic heterocycles. The van der Waals surface area contributed by atoms with Crippen molar-refractivity contribution >= 4 is 22.1 Å². The molecule has 0 bridgehead atoms. The highest BCUT2D eigenvalue weighted by atomic mass is 14.9. The second-order valence-electron chi connectivity index (χ2n) is 5.32. The van der Waals surface area contributed by atoms with Gasteiger partial charge in [0, 0.05) is 41.1 Å². The summed E-state index contributed by atoms with van der Waals surface area (Å²) in [6, 6.07) is 16.5. The number of nitrogen functional groups attached to an aromatic ring is 1. The van der Waals surface area contributed by atoms with Crippen LogP contribution in [-0.2, 0) is 0 Å². The molecule has 106 valence electrons. The minimum atomic E-state index is 0.445. The molecule has 0 fully saturated rings. The SMILES string of the molecule is CC(CNc1ccc(N)c2cnccc12)c1ccccc1. The molecular weight excluding hydrogens is 258 g/mol. The number of pyridine rings is 1. The molecule has 3 N–H and O–H groups in total. The molecule has 2 aromatic carbocycles. The molecule has 3 nitrogen and oxygen atoms in total. The highest BCUT2D eigenvalue weighted by molar-refractivity contribution is 6.00. The molecular formula is C18H19N3. The average molecular weight is 277 g/mol. The van der Waals surface area contributed by atoms with E-state index < -0.39 is 0 Å². The Bertz CT molecular complexity index is 738. The molecule has 1 heterocycles. The first-order valence-corrected chi connectivity index (χ1v) is 7.16. The van der Waals surface area contributed by atoms with E-state index >= 15 is 0 Å². The summed E-state index contributed by atoms with van der Waals surface area (Å²) in [7, 11) is 0. The molecule has 0 saturated carbocycles. The van der Waals surface area contributed by atoms with Crippen molar-refractivity contribution in [1.82, 2.24) is 4.98 Å². The molecule has 3 aromatic rings. The summed E-state index contributed by atoms with van der Waals surface area (Å²) in [4.78, 5) is 4.15. The number of aromatic nitrogens is 1. The van der Waals surface area contributed by atoms with Gasteiger partial charge in [-0.25, -0.2) is 0 Å². The number of rotatable bonds is 4. The lowest BCUT2D eigenvalue weighted by Crippen LogP contribution is -2.10. The second-order valence-corrected chi connectivity index (χ2v) is 5.32. The Morgan fingerprint density at radius 2 is 1.86 bits per heavy atom. The lowest BCUT2D eigenvalue weighted by Gasteiger charge is -2.16. The molecule has 3 heteroatoms. The molecule has 0 spiro atoms. The van der Waals surface area contributed by atoms with Crippen LogP contribution in [-0.4, -0.2) is 11.5 Å². The number of nitrogens with one attached hydrogen (secondary N) is 1. The Hall–Kier alpha value is -2.55. The first kappa shape index (κ1) is 13.4. The fourth-order valence-corrected chi connectivity index (χ4v) is 2.53. The Kier molecular flexibility index (Phi) is 3.73. The van der Waals surface area contributed by atoms with Gasteiger partial charge in [0.2, 0.25) is 0 Å². The van der Waals surface area contributed by atoms with Gasteiger partial charge in [0.25, 0.3) is 0 Å². The van der Waals surface area contributed by atoms with E-state index in [1.54, 1.807) is 6.20 Å². The highest BCUT2D eigenvalue weighted by Crippen LogP contribution is 2.28. The summed E-state index contributed by atoms with van der Waals surface area (Å²) >= 11 is 0. The van der Waals surface area contributed by atoms with E-state index in [2.05, 4.69) is 41.5 Å². The van der Waals surface area contributed by atoms with Crippen LogP contribution in [0.25, 0.3) is 10.8 Å². The Labute approximate surface area is 124 Å². The average Bonchev–Trinajstić information content (AvgIpc) is 2.55. The summed E-state index contributed by atoms with van der Waals surface area (Å²) in [6.45, 7) is 3.11. The van der Waals surface area contributed by atoms with Gasteiger partial charge in [-0.3, -0.25) is 4.98 Å². The molecule has 3 rings (SSSR count). The summed E-state index contributed by atoms with van der Waals surface area (Å²) in [5.74, 6) is 0.445. The van der Waals surface area contributed by atoms with Gasteiger partial charge in [-0.1, -0.05) is 37.3 Å². The summed E-state index contributed by atoms with van der Waals surface area (Å²) in [5, 5.41) is 5.64. The molecule has 1 unspecified atom stereocenters.